The zero-order valence-corrected chi connectivity index (χ0v) is 12.6. The molecule has 1 fully saturated rings. The lowest BCUT2D eigenvalue weighted by atomic mass is 10.2. The highest BCUT2D eigenvalue weighted by molar-refractivity contribution is 5.35. The summed E-state index contributed by atoms with van der Waals surface area (Å²) in [4.78, 5) is 11.7. The van der Waals surface area contributed by atoms with Crippen molar-refractivity contribution in [2.75, 3.05) is 26.2 Å². The van der Waals surface area contributed by atoms with Crippen LogP contribution in [0, 0.1) is 10.1 Å². The van der Waals surface area contributed by atoms with E-state index in [4.69, 9.17) is 9.47 Å². The molecule has 1 aromatic rings. The van der Waals surface area contributed by atoms with Crippen LogP contribution in [0.15, 0.2) is 24.3 Å². The Morgan fingerprint density at radius 2 is 1.90 bits per heavy atom. The van der Waals surface area contributed by atoms with Crippen LogP contribution >= 0.6 is 0 Å². The molecular formula is C15H23N2O4+. The smallest absolute Gasteiger partial charge is 0.269 e. The van der Waals surface area contributed by atoms with Gasteiger partial charge in [-0.2, -0.15) is 0 Å². The Labute approximate surface area is 124 Å². The summed E-state index contributed by atoms with van der Waals surface area (Å²) in [5.74, 6) is 0.680. The van der Waals surface area contributed by atoms with Gasteiger partial charge in [0.1, 0.15) is 31.0 Å². The number of rotatable bonds is 6. The van der Waals surface area contributed by atoms with E-state index in [1.54, 1.807) is 17.0 Å². The van der Waals surface area contributed by atoms with Gasteiger partial charge in [-0.25, -0.2) is 0 Å². The zero-order valence-electron chi connectivity index (χ0n) is 12.6. The summed E-state index contributed by atoms with van der Waals surface area (Å²) >= 11 is 0. The van der Waals surface area contributed by atoms with E-state index in [-0.39, 0.29) is 5.69 Å². The molecule has 0 saturated carbocycles. The van der Waals surface area contributed by atoms with Gasteiger partial charge in [0.15, 0.2) is 0 Å². The number of nitro groups is 1. The number of hydrogen-bond acceptors (Lipinski definition) is 4. The largest absolute Gasteiger partial charge is 0.493 e. The number of benzene rings is 1. The highest BCUT2D eigenvalue weighted by Gasteiger charge is 2.24. The Balaban J connectivity index is 1.68. The third-order valence-electron chi connectivity index (χ3n) is 3.61. The second kappa shape index (κ2) is 7.38. The SMILES string of the molecule is C[C@H]1C[NH+](CCCOc2ccc([N+](=O)[O-])cc2)C[C@H](C)O1. The van der Waals surface area contributed by atoms with Crippen molar-refractivity contribution in [3.63, 3.8) is 0 Å². The number of quaternary nitrogens is 1. The molecule has 6 nitrogen and oxygen atoms in total. The number of non-ortho nitro benzene ring substituents is 1. The lowest BCUT2D eigenvalue weighted by Gasteiger charge is -2.32. The van der Waals surface area contributed by atoms with Gasteiger partial charge in [-0.1, -0.05) is 0 Å². The highest BCUT2D eigenvalue weighted by atomic mass is 16.6. The second-order valence-electron chi connectivity index (χ2n) is 5.62. The third-order valence-corrected chi connectivity index (χ3v) is 3.61. The number of nitrogens with one attached hydrogen (secondary N) is 1. The van der Waals surface area contributed by atoms with Crippen LogP contribution in [0.25, 0.3) is 0 Å². The molecule has 2 atom stereocenters. The van der Waals surface area contributed by atoms with Crippen molar-refractivity contribution in [3.8, 4) is 5.75 Å². The van der Waals surface area contributed by atoms with Gasteiger partial charge < -0.3 is 14.4 Å². The van der Waals surface area contributed by atoms with E-state index in [1.165, 1.54) is 12.1 Å². The average molecular weight is 295 g/mol. The molecule has 0 bridgehead atoms. The first-order valence-electron chi connectivity index (χ1n) is 7.41. The van der Waals surface area contributed by atoms with Gasteiger partial charge in [-0.05, 0) is 26.0 Å². The van der Waals surface area contributed by atoms with Gasteiger partial charge in [0.05, 0.1) is 18.1 Å². The fourth-order valence-corrected chi connectivity index (χ4v) is 2.77. The number of morpholine rings is 1. The molecule has 1 N–H and O–H groups in total. The molecule has 0 unspecified atom stereocenters. The molecule has 0 spiro atoms. The van der Waals surface area contributed by atoms with Crippen LogP contribution < -0.4 is 9.64 Å². The van der Waals surface area contributed by atoms with Crippen molar-refractivity contribution in [1.82, 2.24) is 0 Å². The van der Waals surface area contributed by atoms with Gasteiger partial charge >= 0.3 is 0 Å². The monoisotopic (exact) mass is 295 g/mol. The molecule has 1 aromatic carbocycles. The van der Waals surface area contributed by atoms with Crippen molar-refractivity contribution in [2.24, 2.45) is 0 Å². The van der Waals surface area contributed by atoms with Gasteiger partial charge in [0, 0.05) is 18.6 Å². The Hall–Kier alpha value is -1.66. The molecule has 0 radical (unpaired) electrons. The summed E-state index contributed by atoms with van der Waals surface area (Å²) < 4.78 is 11.3. The van der Waals surface area contributed by atoms with Crippen LogP contribution in [-0.4, -0.2) is 43.4 Å². The third kappa shape index (κ3) is 4.99. The van der Waals surface area contributed by atoms with Crippen molar-refractivity contribution >= 4 is 5.69 Å². The standard InChI is InChI=1S/C15H22N2O4/c1-12-10-16(11-13(2)21-12)8-3-9-20-15-6-4-14(5-7-15)17(18)19/h4-7,12-13H,3,8-11H2,1-2H3/p+1/t12-,13-/m0/s1. The normalized spacial score (nSPS) is 25.5. The van der Waals surface area contributed by atoms with Crippen LogP contribution in [-0.2, 0) is 4.74 Å². The molecule has 1 saturated heterocycles. The maximum atomic E-state index is 10.6. The Kier molecular flexibility index (Phi) is 5.52. The lowest BCUT2D eigenvalue weighted by Crippen LogP contribution is -3.15. The number of hydrogen-bond donors (Lipinski definition) is 1. The Bertz CT molecular complexity index is 453. The summed E-state index contributed by atoms with van der Waals surface area (Å²) in [6, 6.07) is 6.21. The van der Waals surface area contributed by atoms with E-state index in [1.807, 2.05) is 0 Å². The lowest BCUT2D eigenvalue weighted by molar-refractivity contribution is -0.915. The summed E-state index contributed by atoms with van der Waals surface area (Å²) in [6.07, 6.45) is 1.60. The summed E-state index contributed by atoms with van der Waals surface area (Å²) in [6.45, 7) is 8.01. The second-order valence-corrected chi connectivity index (χ2v) is 5.62. The molecule has 0 amide bonds. The van der Waals surface area contributed by atoms with Crippen LogP contribution in [0.3, 0.4) is 0 Å². The fourth-order valence-electron chi connectivity index (χ4n) is 2.77. The fraction of sp³-hybridized carbons (Fsp3) is 0.600. The Morgan fingerprint density at radius 1 is 1.29 bits per heavy atom. The molecule has 1 heterocycles. The molecule has 1 aliphatic rings. The number of nitro benzene ring substituents is 1. The van der Waals surface area contributed by atoms with E-state index < -0.39 is 4.92 Å². The summed E-state index contributed by atoms with van der Waals surface area (Å²) in [7, 11) is 0. The van der Waals surface area contributed by atoms with E-state index in [0.29, 0.717) is 24.6 Å². The van der Waals surface area contributed by atoms with E-state index in [0.717, 1.165) is 26.1 Å². The van der Waals surface area contributed by atoms with Crippen molar-refractivity contribution < 1.29 is 19.3 Å². The minimum absolute atomic E-state index is 0.0862. The molecule has 0 aliphatic carbocycles. The van der Waals surface area contributed by atoms with E-state index >= 15 is 0 Å². The van der Waals surface area contributed by atoms with Crippen molar-refractivity contribution in [1.29, 1.82) is 0 Å². The molecule has 2 rings (SSSR count). The summed E-state index contributed by atoms with van der Waals surface area (Å²) in [5, 5.41) is 10.6. The van der Waals surface area contributed by atoms with Crippen LogP contribution in [0.4, 0.5) is 5.69 Å². The quantitative estimate of drug-likeness (QED) is 0.484. The Morgan fingerprint density at radius 3 is 2.48 bits per heavy atom. The predicted molar refractivity (Wildman–Crippen MR) is 78.8 cm³/mol. The number of nitrogens with zero attached hydrogens (tertiary/aromatic N) is 1. The maximum absolute atomic E-state index is 10.6. The highest BCUT2D eigenvalue weighted by Crippen LogP contribution is 2.17. The molecular weight excluding hydrogens is 272 g/mol. The molecule has 21 heavy (non-hydrogen) atoms. The topological polar surface area (TPSA) is 66.0 Å². The van der Waals surface area contributed by atoms with Crippen LogP contribution in [0.2, 0.25) is 0 Å². The van der Waals surface area contributed by atoms with Crippen molar-refractivity contribution in [2.45, 2.75) is 32.5 Å². The first-order valence-corrected chi connectivity index (χ1v) is 7.41. The molecule has 6 heteroatoms. The maximum Gasteiger partial charge on any atom is 0.269 e. The van der Waals surface area contributed by atoms with Gasteiger partial charge in [0.25, 0.3) is 5.69 Å². The zero-order chi connectivity index (χ0) is 15.2. The van der Waals surface area contributed by atoms with E-state index in [9.17, 15) is 10.1 Å². The molecule has 0 aromatic heterocycles. The average Bonchev–Trinajstić information content (AvgIpc) is 2.43. The molecule has 116 valence electrons. The predicted octanol–water partition coefficient (Wildman–Crippen LogP) is 1.06. The van der Waals surface area contributed by atoms with E-state index in [2.05, 4.69) is 13.8 Å². The van der Waals surface area contributed by atoms with Gasteiger partial charge in [0.2, 0.25) is 0 Å². The summed E-state index contributed by atoms with van der Waals surface area (Å²) in [5.41, 5.74) is 0.0862. The first kappa shape index (κ1) is 15.7. The van der Waals surface area contributed by atoms with Gasteiger partial charge in [-0.3, -0.25) is 10.1 Å². The first-order chi connectivity index (χ1) is 10.0. The molecule has 1 aliphatic heterocycles. The number of ether oxygens (including phenoxy) is 2. The van der Waals surface area contributed by atoms with Crippen LogP contribution in [0.5, 0.6) is 5.75 Å². The minimum atomic E-state index is -0.409. The minimum Gasteiger partial charge on any atom is -0.493 e. The van der Waals surface area contributed by atoms with Crippen molar-refractivity contribution in [3.05, 3.63) is 34.4 Å². The van der Waals surface area contributed by atoms with Crippen LogP contribution in [0.1, 0.15) is 20.3 Å². The van der Waals surface area contributed by atoms with Gasteiger partial charge in [-0.15, -0.1) is 0 Å².